The van der Waals surface area contributed by atoms with E-state index in [-0.39, 0.29) is 43.6 Å². The fourth-order valence-electron chi connectivity index (χ4n) is 3.76. The molecule has 1 heterocycles. The number of hydrogen-bond donors (Lipinski definition) is 0. The van der Waals surface area contributed by atoms with Crippen LogP contribution in [0.2, 0.25) is 0 Å². The van der Waals surface area contributed by atoms with E-state index in [1.807, 2.05) is 24.3 Å². The first-order valence-electron chi connectivity index (χ1n) is 11.0. The third-order valence-electron chi connectivity index (χ3n) is 5.75. The Hall–Kier alpha value is -3.76. The molecule has 0 aromatic heterocycles. The van der Waals surface area contributed by atoms with Crippen molar-refractivity contribution in [1.82, 2.24) is 9.21 Å². The molecule has 1 fully saturated rings. The van der Waals surface area contributed by atoms with Crippen molar-refractivity contribution in [3.8, 4) is 0 Å². The minimum atomic E-state index is -3.65. The van der Waals surface area contributed by atoms with Crippen LogP contribution in [0.4, 0.5) is 0 Å². The molecule has 0 aliphatic carbocycles. The van der Waals surface area contributed by atoms with Crippen LogP contribution in [0.1, 0.15) is 15.9 Å². The fourth-order valence-corrected chi connectivity index (χ4v) is 5.22. The molecule has 10 heteroatoms. The van der Waals surface area contributed by atoms with Crippen molar-refractivity contribution in [2.24, 2.45) is 5.16 Å². The van der Waals surface area contributed by atoms with E-state index in [4.69, 9.17) is 4.84 Å². The number of piperazine rings is 1. The number of rotatable bonds is 7. The zero-order valence-corrected chi connectivity index (χ0v) is 20.0. The number of amides is 1. The van der Waals surface area contributed by atoms with Gasteiger partial charge in [-0.15, -0.1) is 0 Å². The van der Waals surface area contributed by atoms with E-state index >= 15 is 0 Å². The normalized spacial score (nSPS) is 14.8. The van der Waals surface area contributed by atoms with Crippen molar-refractivity contribution >= 4 is 38.9 Å². The molecule has 1 aliphatic rings. The molecule has 0 spiro atoms. The highest BCUT2D eigenvalue weighted by Gasteiger charge is 2.30. The summed E-state index contributed by atoms with van der Waals surface area (Å²) in [7, 11) is -2.34. The molecule has 0 N–H and O–H groups in total. The van der Waals surface area contributed by atoms with Gasteiger partial charge in [-0.05, 0) is 40.6 Å². The lowest BCUT2D eigenvalue weighted by atomic mass is 10.1. The van der Waals surface area contributed by atoms with Gasteiger partial charge in [0.1, 0.15) is 0 Å². The van der Waals surface area contributed by atoms with Crippen molar-refractivity contribution in [1.29, 1.82) is 0 Å². The SMILES string of the molecule is COC(=O)c1ccc(/C=N/OCC(=O)N2CCN(S(=O)(=O)c3ccc4ccccc4c3)CC2)cc1. The molecule has 35 heavy (non-hydrogen) atoms. The summed E-state index contributed by atoms with van der Waals surface area (Å²) in [6.45, 7) is 0.697. The summed E-state index contributed by atoms with van der Waals surface area (Å²) >= 11 is 0. The first-order valence-corrected chi connectivity index (χ1v) is 12.4. The molecule has 1 amide bonds. The molecule has 1 saturated heterocycles. The minimum Gasteiger partial charge on any atom is -0.465 e. The monoisotopic (exact) mass is 495 g/mol. The Bertz CT molecular complexity index is 1350. The lowest BCUT2D eigenvalue weighted by Crippen LogP contribution is -2.51. The molecule has 0 bridgehead atoms. The number of hydrogen-bond acceptors (Lipinski definition) is 7. The van der Waals surface area contributed by atoms with Crippen LogP contribution in [-0.4, -0.2) is 75.6 Å². The molecule has 3 aromatic rings. The number of carbonyl (C=O) groups is 2. The third-order valence-corrected chi connectivity index (χ3v) is 7.64. The number of nitrogens with zero attached hydrogens (tertiary/aromatic N) is 3. The van der Waals surface area contributed by atoms with Crippen molar-refractivity contribution in [3.63, 3.8) is 0 Å². The summed E-state index contributed by atoms with van der Waals surface area (Å²) in [5, 5.41) is 5.63. The standard InChI is InChI=1S/C25H25N3O6S/c1-33-25(30)21-8-6-19(7-9-21)17-26-34-18-24(29)27-12-14-28(15-13-27)35(31,32)23-11-10-20-4-2-3-5-22(20)16-23/h2-11,16-17H,12-15,18H2,1H3/b26-17+. The molecule has 0 saturated carbocycles. The van der Waals surface area contributed by atoms with Gasteiger partial charge in [-0.2, -0.15) is 4.31 Å². The molecular formula is C25H25N3O6S. The molecule has 0 unspecified atom stereocenters. The van der Waals surface area contributed by atoms with E-state index in [1.165, 1.54) is 17.6 Å². The molecule has 1 aliphatic heterocycles. The maximum absolute atomic E-state index is 13.1. The first-order chi connectivity index (χ1) is 16.9. The van der Waals surface area contributed by atoms with E-state index in [0.29, 0.717) is 11.1 Å². The minimum absolute atomic E-state index is 0.205. The highest BCUT2D eigenvalue weighted by atomic mass is 32.2. The van der Waals surface area contributed by atoms with Gasteiger partial charge in [0.2, 0.25) is 10.0 Å². The van der Waals surface area contributed by atoms with Gasteiger partial charge >= 0.3 is 5.97 Å². The van der Waals surface area contributed by atoms with Crippen LogP contribution in [0.3, 0.4) is 0 Å². The summed E-state index contributed by atoms with van der Waals surface area (Å²) in [4.78, 5) is 30.8. The Morgan fingerprint density at radius 2 is 1.63 bits per heavy atom. The summed E-state index contributed by atoms with van der Waals surface area (Å²) in [5.74, 6) is -0.702. The molecule has 0 radical (unpaired) electrons. The highest BCUT2D eigenvalue weighted by molar-refractivity contribution is 7.89. The lowest BCUT2D eigenvalue weighted by molar-refractivity contribution is -0.137. The van der Waals surface area contributed by atoms with E-state index in [2.05, 4.69) is 9.89 Å². The molecular weight excluding hydrogens is 470 g/mol. The summed E-state index contributed by atoms with van der Waals surface area (Å²) in [5.41, 5.74) is 1.11. The second-order valence-corrected chi connectivity index (χ2v) is 9.85. The van der Waals surface area contributed by atoms with E-state index in [9.17, 15) is 18.0 Å². The van der Waals surface area contributed by atoms with Gasteiger partial charge in [0.25, 0.3) is 5.91 Å². The summed E-state index contributed by atoms with van der Waals surface area (Å²) < 4.78 is 32.2. The zero-order valence-electron chi connectivity index (χ0n) is 19.2. The van der Waals surface area contributed by atoms with Crippen LogP contribution in [-0.2, 0) is 24.4 Å². The summed E-state index contributed by atoms with van der Waals surface area (Å²) in [6, 6.07) is 19.2. The molecule has 182 valence electrons. The predicted molar refractivity (Wildman–Crippen MR) is 131 cm³/mol. The Labute approximate surface area is 203 Å². The smallest absolute Gasteiger partial charge is 0.337 e. The number of sulfonamides is 1. The Morgan fingerprint density at radius 1 is 0.943 bits per heavy atom. The highest BCUT2D eigenvalue weighted by Crippen LogP contribution is 2.23. The quantitative estimate of drug-likeness (QED) is 0.283. The van der Waals surface area contributed by atoms with E-state index < -0.39 is 16.0 Å². The van der Waals surface area contributed by atoms with Crippen LogP contribution in [0.15, 0.2) is 76.8 Å². The average molecular weight is 496 g/mol. The number of fused-ring (bicyclic) bond motifs is 1. The molecule has 4 rings (SSSR count). The maximum Gasteiger partial charge on any atom is 0.337 e. The third kappa shape index (κ3) is 5.67. The Kier molecular flexibility index (Phi) is 7.42. The van der Waals surface area contributed by atoms with Gasteiger partial charge < -0.3 is 14.5 Å². The van der Waals surface area contributed by atoms with Crippen molar-refractivity contribution < 1.29 is 27.6 Å². The maximum atomic E-state index is 13.1. The van der Waals surface area contributed by atoms with Crippen molar-refractivity contribution in [2.75, 3.05) is 39.9 Å². The topological polar surface area (TPSA) is 106 Å². The largest absolute Gasteiger partial charge is 0.465 e. The Balaban J connectivity index is 1.27. The van der Waals surface area contributed by atoms with Gasteiger partial charge in [-0.25, -0.2) is 13.2 Å². The molecule has 0 atom stereocenters. The number of methoxy groups -OCH3 is 1. The van der Waals surface area contributed by atoms with Crippen LogP contribution >= 0.6 is 0 Å². The van der Waals surface area contributed by atoms with E-state index in [1.54, 1.807) is 47.4 Å². The second kappa shape index (κ2) is 10.7. The van der Waals surface area contributed by atoms with Crippen molar-refractivity contribution in [3.05, 3.63) is 77.9 Å². The van der Waals surface area contributed by atoms with Crippen LogP contribution < -0.4 is 0 Å². The van der Waals surface area contributed by atoms with Gasteiger partial charge in [0.05, 0.1) is 23.8 Å². The number of esters is 1. The van der Waals surface area contributed by atoms with Gasteiger partial charge in [-0.3, -0.25) is 4.79 Å². The molecule has 3 aromatic carbocycles. The number of carbonyl (C=O) groups excluding carboxylic acids is 2. The number of oxime groups is 1. The van der Waals surface area contributed by atoms with Gasteiger partial charge in [-0.1, -0.05) is 47.6 Å². The van der Waals surface area contributed by atoms with Gasteiger partial charge in [0, 0.05) is 26.2 Å². The van der Waals surface area contributed by atoms with Crippen LogP contribution in [0.5, 0.6) is 0 Å². The number of ether oxygens (including phenoxy) is 1. The summed E-state index contributed by atoms with van der Waals surface area (Å²) in [6.07, 6.45) is 1.43. The average Bonchev–Trinajstić information content (AvgIpc) is 2.90. The van der Waals surface area contributed by atoms with Crippen molar-refractivity contribution in [2.45, 2.75) is 4.90 Å². The van der Waals surface area contributed by atoms with Crippen LogP contribution in [0.25, 0.3) is 10.8 Å². The second-order valence-electron chi connectivity index (χ2n) is 7.92. The van der Waals surface area contributed by atoms with Gasteiger partial charge in [0.15, 0.2) is 6.61 Å². The fraction of sp³-hybridized carbons (Fsp3) is 0.240. The van der Waals surface area contributed by atoms with Crippen LogP contribution in [0, 0.1) is 0 Å². The number of benzene rings is 3. The molecule has 9 nitrogen and oxygen atoms in total. The first kappa shape index (κ1) is 24.4. The Morgan fingerprint density at radius 3 is 2.31 bits per heavy atom. The predicted octanol–water partition coefficient (Wildman–Crippen LogP) is 2.51. The lowest BCUT2D eigenvalue weighted by Gasteiger charge is -2.33. The zero-order chi connectivity index (χ0) is 24.8. The van der Waals surface area contributed by atoms with E-state index in [0.717, 1.165) is 10.8 Å².